The Labute approximate surface area is 110 Å². The average Bonchev–Trinajstić information content (AvgIpc) is 2.85. The molecule has 0 radical (unpaired) electrons. The molecule has 1 saturated heterocycles. The molecule has 0 spiro atoms. The molecule has 0 unspecified atom stereocenters. The van der Waals surface area contributed by atoms with Crippen molar-refractivity contribution < 1.29 is 0 Å². The maximum absolute atomic E-state index is 5.69. The summed E-state index contributed by atoms with van der Waals surface area (Å²) in [5, 5.41) is 0. The summed E-state index contributed by atoms with van der Waals surface area (Å²) in [6, 6.07) is 4.17. The molecular weight excluding hydrogens is 222 g/mol. The maximum Gasteiger partial charge on any atom is 0.131 e. The van der Waals surface area contributed by atoms with Crippen LogP contribution >= 0.6 is 0 Å². The highest BCUT2D eigenvalue weighted by Crippen LogP contribution is 2.39. The van der Waals surface area contributed by atoms with Gasteiger partial charge in [-0.25, -0.2) is 4.98 Å². The molecule has 0 saturated carbocycles. The first kappa shape index (κ1) is 13.3. The highest BCUT2D eigenvalue weighted by molar-refractivity contribution is 5.48. The molecule has 2 rings (SSSR count). The van der Waals surface area contributed by atoms with Crippen LogP contribution in [0.15, 0.2) is 18.3 Å². The largest absolute Gasteiger partial charge is 0.356 e. The molecular formula is C15H25N3. The Hall–Kier alpha value is -1.09. The van der Waals surface area contributed by atoms with Crippen molar-refractivity contribution in [2.45, 2.75) is 39.5 Å². The van der Waals surface area contributed by atoms with Gasteiger partial charge in [-0.05, 0) is 49.3 Å². The van der Waals surface area contributed by atoms with Crippen molar-refractivity contribution in [1.82, 2.24) is 4.98 Å². The predicted octanol–water partition coefficient (Wildman–Crippen LogP) is 2.60. The molecule has 0 aromatic carbocycles. The first-order valence-electron chi connectivity index (χ1n) is 7.13. The SMILES string of the molecule is CCC1(CC)CCN(c2ncccc2CCN)C1. The molecule has 1 aromatic rings. The molecule has 3 heteroatoms. The van der Waals surface area contributed by atoms with Crippen LogP contribution in [0.25, 0.3) is 0 Å². The van der Waals surface area contributed by atoms with Crippen LogP contribution in [0.1, 0.15) is 38.7 Å². The minimum absolute atomic E-state index is 0.498. The van der Waals surface area contributed by atoms with Gasteiger partial charge in [0.15, 0.2) is 0 Å². The molecule has 0 atom stereocenters. The lowest BCUT2D eigenvalue weighted by atomic mass is 9.82. The number of nitrogens with two attached hydrogens (primary N) is 1. The number of hydrogen-bond acceptors (Lipinski definition) is 3. The quantitative estimate of drug-likeness (QED) is 0.869. The van der Waals surface area contributed by atoms with Crippen LogP contribution in [0.2, 0.25) is 0 Å². The summed E-state index contributed by atoms with van der Waals surface area (Å²) in [5.74, 6) is 1.16. The zero-order chi connectivity index (χ0) is 13.0. The number of pyridine rings is 1. The van der Waals surface area contributed by atoms with Gasteiger partial charge in [0.05, 0.1) is 0 Å². The molecule has 2 heterocycles. The average molecular weight is 247 g/mol. The van der Waals surface area contributed by atoms with E-state index < -0.39 is 0 Å². The number of aromatic nitrogens is 1. The lowest BCUT2D eigenvalue weighted by Gasteiger charge is -2.27. The van der Waals surface area contributed by atoms with Crippen molar-refractivity contribution in [3.05, 3.63) is 23.9 Å². The molecule has 1 fully saturated rings. The number of nitrogens with zero attached hydrogens (tertiary/aromatic N) is 2. The standard InChI is InChI=1S/C15H25N3/c1-3-15(4-2)8-11-18(12-15)14-13(7-9-16)6-5-10-17-14/h5-6,10H,3-4,7-9,11-12,16H2,1-2H3. The molecule has 0 aliphatic carbocycles. The third-order valence-corrected chi connectivity index (χ3v) is 4.52. The van der Waals surface area contributed by atoms with Crippen LogP contribution in [0.4, 0.5) is 5.82 Å². The van der Waals surface area contributed by atoms with Crippen molar-refractivity contribution in [3.8, 4) is 0 Å². The summed E-state index contributed by atoms with van der Waals surface area (Å²) in [6.45, 7) is 7.60. The Balaban J connectivity index is 2.18. The first-order valence-corrected chi connectivity index (χ1v) is 7.13. The summed E-state index contributed by atoms with van der Waals surface area (Å²) in [4.78, 5) is 7.04. The van der Waals surface area contributed by atoms with Gasteiger partial charge >= 0.3 is 0 Å². The van der Waals surface area contributed by atoms with Gasteiger partial charge in [-0.3, -0.25) is 0 Å². The van der Waals surface area contributed by atoms with Crippen molar-refractivity contribution >= 4 is 5.82 Å². The Morgan fingerprint density at radius 1 is 1.39 bits per heavy atom. The summed E-state index contributed by atoms with van der Waals surface area (Å²) in [6.07, 6.45) is 6.63. The summed E-state index contributed by atoms with van der Waals surface area (Å²) in [7, 11) is 0. The minimum Gasteiger partial charge on any atom is -0.356 e. The van der Waals surface area contributed by atoms with E-state index in [2.05, 4.69) is 29.8 Å². The third kappa shape index (κ3) is 2.51. The van der Waals surface area contributed by atoms with Gasteiger partial charge in [-0.1, -0.05) is 19.9 Å². The molecule has 0 bridgehead atoms. The van der Waals surface area contributed by atoms with Crippen LogP contribution in [0.5, 0.6) is 0 Å². The van der Waals surface area contributed by atoms with Crippen LogP contribution in [0.3, 0.4) is 0 Å². The van der Waals surface area contributed by atoms with Crippen molar-refractivity contribution in [2.24, 2.45) is 11.1 Å². The summed E-state index contributed by atoms with van der Waals surface area (Å²) in [5.41, 5.74) is 7.48. The Morgan fingerprint density at radius 3 is 2.78 bits per heavy atom. The van der Waals surface area contributed by atoms with E-state index in [0.717, 1.165) is 25.3 Å². The van der Waals surface area contributed by atoms with Gasteiger partial charge in [-0.15, -0.1) is 0 Å². The smallest absolute Gasteiger partial charge is 0.131 e. The Morgan fingerprint density at radius 2 is 2.17 bits per heavy atom. The van der Waals surface area contributed by atoms with Gasteiger partial charge < -0.3 is 10.6 Å². The molecule has 1 aromatic heterocycles. The van der Waals surface area contributed by atoms with E-state index in [1.54, 1.807) is 0 Å². The molecule has 0 amide bonds. The second kappa shape index (κ2) is 5.70. The fourth-order valence-corrected chi connectivity index (χ4v) is 3.01. The number of anilines is 1. The first-order chi connectivity index (χ1) is 8.74. The molecule has 18 heavy (non-hydrogen) atoms. The van der Waals surface area contributed by atoms with Crippen LogP contribution < -0.4 is 10.6 Å². The lowest BCUT2D eigenvalue weighted by molar-refractivity contribution is 0.301. The van der Waals surface area contributed by atoms with Crippen molar-refractivity contribution in [1.29, 1.82) is 0 Å². The summed E-state index contributed by atoms with van der Waals surface area (Å²) < 4.78 is 0. The van der Waals surface area contributed by atoms with Crippen molar-refractivity contribution in [3.63, 3.8) is 0 Å². The second-order valence-electron chi connectivity index (χ2n) is 5.40. The van der Waals surface area contributed by atoms with E-state index in [9.17, 15) is 0 Å². The van der Waals surface area contributed by atoms with E-state index in [-0.39, 0.29) is 0 Å². The number of rotatable bonds is 5. The predicted molar refractivity (Wildman–Crippen MR) is 76.8 cm³/mol. The van der Waals surface area contributed by atoms with E-state index in [0.29, 0.717) is 12.0 Å². The van der Waals surface area contributed by atoms with Crippen LogP contribution in [-0.4, -0.2) is 24.6 Å². The van der Waals surface area contributed by atoms with E-state index >= 15 is 0 Å². The van der Waals surface area contributed by atoms with Crippen LogP contribution in [-0.2, 0) is 6.42 Å². The molecule has 3 nitrogen and oxygen atoms in total. The van der Waals surface area contributed by atoms with E-state index in [1.165, 1.54) is 24.8 Å². The van der Waals surface area contributed by atoms with Gasteiger partial charge in [0.25, 0.3) is 0 Å². The van der Waals surface area contributed by atoms with Gasteiger partial charge in [0.1, 0.15) is 5.82 Å². The molecule has 1 aliphatic rings. The lowest BCUT2D eigenvalue weighted by Crippen LogP contribution is -2.27. The fourth-order valence-electron chi connectivity index (χ4n) is 3.01. The highest BCUT2D eigenvalue weighted by Gasteiger charge is 2.35. The summed E-state index contributed by atoms with van der Waals surface area (Å²) >= 11 is 0. The molecule has 100 valence electrons. The van der Waals surface area contributed by atoms with E-state index in [1.807, 2.05) is 12.3 Å². The van der Waals surface area contributed by atoms with Gasteiger partial charge in [0, 0.05) is 19.3 Å². The van der Waals surface area contributed by atoms with Gasteiger partial charge in [-0.2, -0.15) is 0 Å². The fraction of sp³-hybridized carbons (Fsp3) is 0.667. The second-order valence-corrected chi connectivity index (χ2v) is 5.40. The highest BCUT2D eigenvalue weighted by atomic mass is 15.2. The van der Waals surface area contributed by atoms with Crippen LogP contribution in [0, 0.1) is 5.41 Å². The third-order valence-electron chi connectivity index (χ3n) is 4.52. The minimum atomic E-state index is 0.498. The van der Waals surface area contributed by atoms with E-state index in [4.69, 9.17) is 5.73 Å². The Bertz CT molecular complexity index is 385. The van der Waals surface area contributed by atoms with Crippen molar-refractivity contribution in [2.75, 3.05) is 24.5 Å². The molecule has 1 aliphatic heterocycles. The monoisotopic (exact) mass is 247 g/mol. The number of hydrogen-bond donors (Lipinski definition) is 1. The normalized spacial score (nSPS) is 18.3. The zero-order valence-corrected chi connectivity index (χ0v) is 11.7. The topological polar surface area (TPSA) is 42.2 Å². The Kier molecular flexibility index (Phi) is 4.23. The zero-order valence-electron chi connectivity index (χ0n) is 11.7. The van der Waals surface area contributed by atoms with Gasteiger partial charge in [0.2, 0.25) is 0 Å². The maximum atomic E-state index is 5.69. The molecule has 2 N–H and O–H groups in total.